The van der Waals surface area contributed by atoms with Crippen LogP contribution in [0.1, 0.15) is 0 Å². The summed E-state index contributed by atoms with van der Waals surface area (Å²) < 4.78 is 47.4. The van der Waals surface area contributed by atoms with E-state index in [0.29, 0.717) is 22.1 Å². The first-order chi connectivity index (χ1) is 13.9. The Kier molecular flexibility index (Phi) is 5.38. The van der Waals surface area contributed by atoms with Gasteiger partial charge in [0.1, 0.15) is 5.75 Å². The summed E-state index contributed by atoms with van der Waals surface area (Å²) in [5.74, 6) is -3.71. The molecule has 0 bridgehead atoms. The molecule has 0 spiro atoms. The number of fused-ring (bicyclic) bond motifs is 1. The second kappa shape index (κ2) is 7.96. The van der Waals surface area contributed by atoms with Crippen molar-refractivity contribution in [1.82, 2.24) is 4.98 Å². The van der Waals surface area contributed by atoms with Crippen LogP contribution in [0, 0.1) is 17.5 Å². The fourth-order valence-corrected chi connectivity index (χ4v) is 3.63. The van der Waals surface area contributed by atoms with Gasteiger partial charge < -0.3 is 9.17 Å². The van der Waals surface area contributed by atoms with Crippen LogP contribution in [0.15, 0.2) is 75.0 Å². The Bertz CT molecular complexity index is 1250. The first-order valence-corrected chi connectivity index (χ1v) is 9.86. The van der Waals surface area contributed by atoms with Crippen LogP contribution in [-0.4, -0.2) is 4.98 Å². The highest BCUT2D eigenvalue weighted by Crippen LogP contribution is 2.32. The summed E-state index contributed by atoms with van der Waals surface area (Å²) >= 11 is 4.49. The molecule has 0 fully saturated rings. The zero-order valence-electron chi connectivity index (χ0n) is 14.5. The van der Waals surface area contributed by atoms with Crippen molar-refractivity contribution in [3.8, 4) is 16.9 Å². The van der Waals surface area contributed by atoms with E-state index in [1.807, 2.05) is 24.3 Å². The largest absolute Gasteiger partial charge is 0.421 e. The van der Waals surface area contributed by atoms with Gasteiger partial charge in [0.15, 0.2) is 17.5 Å². The number of rotatable bonds is 4. The highest BCUT2D eigenvalue weighted by molar-refractivity contribution is 9.10. The first kappa shape index (κ1) is 19.6. The molecule has 1 heterocycles. The van der Waals surface area contributed by atoms with Gasteiger partial charge in [-0.05, 0) is 60.2 Å². The SMILES string of the molecule is O=c1[nH]cc(-c2cc(F)c(F)c(F)c2)c2cc(OSc3ccc(Br)cc3)ccc12. The molecule has 3 nitrogen and oxygen atoms in total. The van der Waals surface area contributed by atoms with Crippen LogP contribution in [0.4, 0.5) is 13.2 Å². The van der Waals surface area contributed by atoms with Crippen molar-refractivity contribution in [2.45, 2.75) is 4.90 Å². The zero-order chi connectivity index (χ0) is 20.5. The summed E-state index contributed by atoms with van der Waals surface area (Å²) in [7, 11) is 0. The third-order valence-electron chi connectivity index (χ3n) is 4.22. The lowest BCUT2D eigenvalue weighted by Crippen LogP contribution is -2.06. The molecule has 0 saturated carbocycles. The number of halogens is 4. The van der Waals surface area contributed by atoms with Gasteiger partial charge >= 0.3 is 0 Å². The molecule has 8 heteroatoms. The Morgan fingerprint density at radius 2 is 1.59 bits per heavy atom. The molecule has 4 rings (SSSR count). The second-order valence-corrected chi connectivity index (χ2v) is 7.83. The monoisotopic (exact) mass is 477 g/mol. The standard InChI is InChI=1S/C21H11BrF3NO2S/c22-12-1-4-14(5-2-12)29-28-13-3-6-15-16(9-13)17(10-26-21(15)27)11-7-18(23)20(25)19(24)8-11/h1-10H,(H,26,27). The second-order valence-electron chi connectivity index (χ2n) is 6.11. The molecule has 0 aliphatic rings. The van der Waals surface area contributed by atoms with E-state index in [1.54, 1.807) is 18.2 Å². The van der Waals surface area contributed by atoms with E-state index in [2.05, 4.69) is 20.9 Å². The smallest absolute Gasteiger partial charge is 0.255 e. The molecule has 146 valence electrons. The lowest BCUT2D eigenvalue weighted by molar-refractivity contribution is 0.448. The summed E-state index contributed by atoms with van der Waals surface area (Å²) in [6, 6.07) is 14.1. The van der Waals surface area contributed by atoms with E-state index >= 15 is 0 Å². The van der Waals surface area contributed by atoms with E-state index in [1.165, 1.54) is 6.20 Å². The molecule has 4 aromatic rings. The van der Waals surface area contributed by atoms with E-state index in [9.17, 15) is 18.0 Å². The lowest BCUT2D eigenvalue weighted by Gasteiger charge is -2.10. The van der Waals surface area contributed by atoms with Gasteiger partial charge in [-0.3, -0.25) is 4.79 Å². The molecule has 29 heavy (non-hydrogen) atoms. The van der Waals surface area contributed by atoms with Gasteiger partial charge in [-0.2, -0.15) is 0 Å². The van der Waals surface area contributed by atoms with Gasteiger partial charge in [-0.15, -0.1) is 0 Å². The van der Waals surface area contributed by atoms with Crippen molar-refractivity contribution in [3.63, 3.8) is 0 Å². The van der Waals surface area contributed by atoms with Crippen LogP contribution in [0.25, 0.3) is 21.9 Å². The third-order valence-corrected chi connectivity index (χ3v) is 5.49. The van der Waals surface area contributed by atoms with Crippen molar-refractivity contribution in [3.05, 3.63) is 93.1 Å². The molecule has 0 atom stereocenters. The van der Waals surface area contributed by atoms with Crippen LogP contribution < -0.4 is 9.74 Å². The first-order valence-electron chi connectivity index (χ1n) is 8.33. The summed E-state index contributed by atoms with van der Waals surface area (Å²) in [4.78, 5) is 15.6. The maximum atomic E-state index is 13.7. The fourth-order valence-electron chi connectivity index (χ4n) is 2.83. The van der Waals surface area contributed by atoms with Crippen molar-refractivity contribution in [2.75, 3.05) is 0 Å². The minimum absolute atomic E-state index is 0.0976. The third kappa shape index (κ3) is 4.04. The molecule has 3 aromatic carbocycles. The number of H-pyrrole nitrogens is 1. The zero-order valence-corrected chi connectivity index (χ0v) is 16.9. The van der Waals surface area contributed by atoms with Crippen LogP contribution in [0.2, 0.25) is 0 Å². The quantitative estimate of drug-likeness (QED) is 0.271. The van der Waals surface area contributed by atoms with Crippen LogP contribution in [0.5, 0.6) is 5.75 Å². The van der Waals surface area contributed by atoms with E-state index in [0.717, 1.165) is 33.5 Å². The van der Waals surface area contributed by atoms with Gasteiger partial charge in [0.05, 0.1) is 12.0 Å². The molecule has 0 unspecified atom stereocenters. The summed E-state index contributed by atoms with van der Waals surface area (Å²) in [6.07, 6.45) is 1.34. The van der Waals surface area contributed by atoms with Gasteiger partial charge in [0, 0.05) is 31.9 Å². The van der Waals surface area contributed by atoms with Gasteiger partial charge in [0.2, 0.25) is 0 Å². The maximum absolute atomic E-state index is 13.7. The van der Waals surface area contributed by atoms with Crippen LogP contribution in [-0.2, 0) is 0 Å². The number of aromatic nitrogens is 1. The molecular formula is C21H11BrF3NO2S. The molecule has 0 radical (unpaired) electrons. The minimum Gasteiger partial charge on any atom is -0.421 e. The number of pyridine rings is 1. The van der Waals surface area contributed by atoms with Gasteiger partial charge in [0.25, 0.3) is 5.56 Å². The summed E-state index contributed by atoms with van der Waals surface area (Å²) in [5, 5.41) is 0.738. The van der Waals surface area contributed by atoms with Crippen molar-refractivity contribution in [1.29, 1.82) is 0 Å². The van der Waals surface area contributed by atoms with E-state index in [-0.39, 0.29) is 11.1 Å². The highest BCUT2D eigenvalue weighted by Gasteiger charge is 2.15. The fraction of sp³-hybridized carbons (Fsp3) is 0. The molecular weight excluding hydrogens is 467 g/mol. The van der Waals surface area contributed by atoms with E-state index in [4.69, 9.17) is 4.18 Å². The number of benzene rings is 3. The lowest BCUT2D eigenvalue weighted by atomic mass is 10.0. The predicted molar refractivity (Wildman–Crippen MR) is 111 cm³/mol. The maximum Gasteiger partial charge on any atom is 0.255 e. The van der Waals surface area contributed by atoms with Crippen molar-refractivity contribution >= 4 is 38.7 Å². The molecule has 0 aliphatic heterocycles. The highest BCUT2D eigenvalue weighted by atomic mass is 79.9. The Morgan fingerprint density at radius 3 is 2.28 bits per heavy atom. The summed E-state index contributed by atoms with van der Waals surface area (Å²) in [6.45, 7) is 0. The van der Waals surface area contributed by atoms with Crippen molar-refractivity contribution in [2.24, 2.45) is 0 Å². The van der Waals surface area contributed by atoms with Crippen molar-refractivity contribution < 1.29 is 17.4 Å². The number of hydrogen-bond acceptors (Lipinski definition) is 3. The van der Waals surface area contributed by atoms with E-state index < -0.39 is 17.5 Å². The molecule has 0 aliphatic carbocycles. The Labute approximate surface area is 175 Å². The molecule has 1 aromatic heterocycles. The van der Waals surface area contributed by atoms with Gasteiger partial charge in [-0.25, -0.2) is 13.2 Å². The molecule has 0 saturated heterocycles. The number of hydrogen-bond donors (Lipinski definition) is 1. The Hall–Kier alpha value is -2.71. The Morgan fingerprint density at radius 1 is 0.897 bits per heavy atom. The van der Waals surface area contributed by atoms with Crippen LogP contribution >= 0.6 is 28.0 Å². The van der Waals surface area contributed by atoms with Crippen LogP contribution in [0.3, 0.4) is 0 Å². The van der Waals surface area contributed by atoms with Gasteiger partial charge in [-0.1, -0.05) is 15.9 Å². The number of nitrogens with one attached hydrogen (secondary N) is 1. The molecule has 0 amide bonds. The number of aromatic amines is 1. The average molecular weight is 478 g/mol. The summed E-state index contributed by atoms with van der Waals surface area (Å²) in [5.41, 5.74) is 0.0794. The normalized spacial score (nSPS) is 11.0. The predicted octanol–water partition coefficient (Wildman–Crippen LogP) is 6.46. The average Bonchev–Trinajstić information content (AvgIpc) is 2.71. The Balaban J connectivity index is 1.76. The minimum atomic E-state index is -1.54. The topological polar surface area (TPSA) is 42.1 Å². The molecule has 1 N–H and O–H groups in total.